The zero-order valence-electron chi connectivity index (χ0n) is 17.3. The van der Waals surface area contributed by atoms with Gasteiger partial charge in [-0.05, 0) is 25.7 Å². The molecule has 7 heteroatoms. The molecule has 2 aromatic heterocycles. The minimum atomic E-state index is -0.242. The van der Waals surface area contributed by atoms with Crippen LogP contribution in [-0.2, 0) is 20.1 Å². The second kappa shape index (κ2) is 8.13. The summed E-state index contributed by atoms with van der Waals surface area (Å²) >= 11 is 0. The molecule has 1 fully saturated rings. The van der Waals surface area contributed by atoms with Crippen molar-refractivity contribution in [2.24, 2.45) is 7.05 Å². The molecule has 0 radical (unpaired) electrons. The molecule has 0 spiro atoms. The molecule has 4 rings (SSSR count). The Morgan fingerprint density at radius 1 is 1.00 bits per heavy atom. The van der Waals surface area contributed by atoms with E-state index < -0.39 is 0 Å². The van der Waals surface area contributed by atoms with Crippen LogP contribution in [-0.4, -0.2) is 31.3 Å². The normalized spacial score (nSPS) is 18.0. The summed E-state index contributed by atoms with van der Waals surface area (Å²) in [5, 5.41) is 0. The van der Waals surface area contributed by atoms with Crippen LogP contribution in [0.2, 0.25) is 0 Å². The highest BCUT2D eigenvalue weighted by Gasteiger charge is 2.30. The topological polar surface area (TPSA) is 65.1 Å². The number of aryl methyl sites for hydroxylation is 2. The second-order valence-electron chi connectivity index (χ2n) is 8.43. The highest BCUT2D eigenvalue weighted by molar-refractivity contribution is 5.75. The molecule has 0 N–H and O–H groups in total. The Morgan fingerprint density at radius 3 is 2.54 bits per heavy atom. The molecule has 1 aliphatic carbocycles. The number of rotatable bonds is 6. The predicted octanol–water partition coefficient (Wildman–Crippen LogP) is 3.02. The highest BCUT2D eigenvalue weighted by Crippen LogP contribution is 2.31. The first-order valence-electron chi connectivity index (χ1n) is 11.1. The van der Waals surface area contributed by atoms with E-state index in [4.69, 9.17) is 4.98 Å². The Kier molecular flexibility index (Phi) is 5.60. The van der Waals surface area contributed by atoms with Gasteiger partial charge in [-0.1, -0.05) is 45.4 Å². The molecular formula is C21H33N5O2. The number of fused-ring (bicyclic) bond motifs is 3. The van der Waals surface area contributed by atoms with Gasteiger partial charge in [0.25, 0.3) is 5.56 Å². The Hall–Kier alpha value is -2.05. The lowest BCUT2D eigenvalue weighted by Crippen LogP contribution is -2.42. The Bertz CT molecular complexity index is 948. The maximum absolute atomic E-state index is 13.3. The molecule has 154 valence electrons. The van der Waals surface area contributed by atoms with E-state index in [9.17, 15) is 9.59 Å². The number of imidazole rings is 1. The standard InChI is InChI=1S/C21H33N5O2/c1-3-4-5-9-13-26-19(27)17-18(23(2)21(26)28)22-20-24(14-10-15-25(17)20)16-11-7-6-8-12-16/h16H,3-15H2,1-2H3. The van der Waals surface area contributed by atoms with Gasteiger partial charge in [-0.25, -0.2) is 4.79 Å². The molecule has 28 heavy (non-hydrogen) atoms. The zero-order chi connectivity index (χ0) is 19.7. The van der Waals surface area contributed by atoms with Crippen LogP contribution >= 0.6 is 0 Å². The second-order valence-corrected chi connectivity index (χ2v) is 8.43. The fourth-order valence-corrected chi connectivity index (χ4v) is 4.92. The van der Waals surface area contributed by atoms with E-state index in [0.717, 1.165) is 51.1 Å². The fourth-order valence-electron chi connectivity index (χ4n) is 4.92. The van der Waals surface area contributed by atoms with Crippen LogP contribution in [0, 0.1) is 0 Å². The van der Waals surface area contributed by atoms with E-state index in [1.807, 2.05) is 0 Å². The van der Waals surface area contributed by atoms with E-state index in [1.165, 1.54) is 36.7 Å². The quantitative estimate of drug-likeness (QED) is 0.715. The van der Waals surface area contributed by atoms with Crippen LogP contribution in [0.4, 0.5) is 5.95 Å². The summed E-state index contributed by atoms with van der Waals surface area (Å²) in [7, 11) is 1.75. The summed E-state index contributed by atoms with van der Waals surface area (Å²) in [6.07, 6.45) is 11.5. The van der Waals surface area contributed by atoms with Crippen molar-refractivity contribution in [3.05, 3.63) is 20.8 Å². The molecule has 0 bridgehead atoms. The van der Waals surface area contributed by atoms with Crippen molar-refractivity contribution in [1.82, 2.24) is 18.7 Å². The fraction of sp³-hybridized carbons (Fsp3) is 0.762. The summed E-state index contributed by atoms with van der Waals surface area (Å²) < 4.78 is 5.07. The molecule has 0 unspecified atom stereocenters. The summed E-state index contributed by atoms with van der Waals surface area (Å²) in [4.78, 5) is 33.3. The molecule has 2 aliphatic rings. The maximum atomic E-state index is 13.3. The van der Waals surface area contributed by atoms with Crippen LogP contribution in [0.15, 0.2) is 9.59 Å². The lowest BCUT2D eigenvalue weighted by molar-refractivity contribution is 0.391. The van der Waals surface area contributed by atoms with Crippen molar-refractivity contribution in [1.29, 1.82) is 0 Å². The van der Waals surface area contributed by atoms with Gasteiger partial charge in [-0.2, -0.15) is 4.98 Å². The highest BCUT2D eigenvalue weighted by atomic mass is 16.2. The van der Waals surface area contributed by atoms with Gasteiger partial charge in [0.2, 0.25) is 5.95 Å². The molecule has 1 saturated carbocycles. The van der Waals surface area contributed by atoms with Gasteiger partial charge in [0, 0.05) is 32.7 Å². The third-order valence-corrected chi connectivity index (χ3v) is 6.50. The predicted molar refractivity (Wildman–Crippen MR) is 112 cm³/mol. The van der Waals surface area contributed by atoms with Gasteiger partial charge in [0.15, 0.2) is 11.2 Å². The molecule has 2 aromatic rings. The van der Waals surface area contributed by atoms with Crippen molar-refractivity contribution in [2.75, 3.05) is 11.4 Å². The van der Waals surface area contributed by atoms with Gasteiger partial charge in [-0.3, -0.25) is 13.9 Å². The summed E-state index contributed by atoms with van der Waals surface area (Å²) in [5.41, 5.74) is 0.734. The maximum Gasteiger partial charge on any atom is 0.332 e. The van der Waals surface area contributed by atoms with Crippen LogP contribution in [0.1, 0.15) is 71.1 Å². The van der Waals surface area contributed by atoms with Crippen LogP contribution in [0.3, 0.4) is 0 Å². The lowest BCUT2D eigenvalue weighted by Gasteiger charge is -2.37. The van der Waals surface area contributed by atoms with Gasteiger partial charge in [-0.15, -0.1) is 0 Å². The minimum Gasteiger partial charge on any atom is -0.339 e. The van der Waals surface area contributed by atoms with E-state index in [2.05, 4.69) is 16.4 Å². The third kappa shape index (κ3) is 3.29. The number of unbranched alkanes of at least 4 members (excludes halogenated alkanes) is 3. The first-order valence-corrected chi connectivity index (χ1v) is 11.1. The van der Waals surface area contributed by atoms with Gasteiger partial charge in [0.1, 0.15) is 0 Å². The van der Waals surface area contributed by atoms with Crippen molar-refractivity contribution in [3.8, 4) is 0 Å². The van der Waals surface area contributed by atoms with Gasteiger partial charge in [0.05, 0.1) is 0 Å². The monoisotopic (exact) mass is 387 g/mol. The Labute approximate surface area is 166 Å². The summed E-state index contributed by atoms with van der Waals surface area (Å²) in [6, 6.07) is 0.512. The zero-order valence-corrected chi connectivity index (χ0v) is 17.3. The lowest BCUT2D eigenvalue weighted by atomic mass is 9.94. The third-order valence-electron chi connectivity index (χ3n) is 6.50. The smallest absolute Gasteiger partial charge is 0.332 e. The summed E-state index contributed by atoms with van der Waals surface area (Å²) in [6.45, 7) is 4.45. The minimum absolute atomic E-state index is 0.168. The number of nitrogens with zero attached hydrogens (tertiary/aromatic N) is 5. The molecular weight excluding hydrogens is 354 g/mol. The number of hydrogen-bond donors (Lipinski definition) is 0. The molecule has 7 nitrogen and oxygen atoms in total. The number of aromatic nitrogens is 4. The van der Waals surface area contributed by atoms with Crippen molar-refractivity contribution >= 4 is 17.1 Å². The first-order chi connectivity index (χ1) is 13.6. The average Bonchev–Trinajstić information content (AvgIpc) is 3.12. The molecule has 0 saturated heterocycles. The van der Waals surface area contributed by atoms with E-state index in [0.29, 0.717) is 23.8 Å². The molecule has 0 atom stereocenters. The molecule has 0 amide bonds. The molecule has 3 heterocycles. The van der Waals surface area contributed by atoms with E-state index in [1.54, 1.807) is 11.6 Å². The number of hydrogen-bond acceptors (Lipinski definition) is 4. The Morgan fingerprint density at radius 2 is 1.79 bits per heavy atom. The van der Waals surface area contributed by atoms with Crippen LogP contribution in [0.25, 0.3) is 11.2 Å². The SMILES string of the molecule is CCCCCCn1c(=O)c2c(nc3n2CCCN3C2CCCCC2)n(C)c1=O. The van der Waals surface area contributed by atoms with Crippen LogP contribution in [0.5, 0.6) is 0 Å². The van der Waals surface area contributed by atoms with Crippen molar-refractivity contribution < 1.29 is 0 Å². The van der Waals surface area contributed by atoms with Gasteiger partial charge >= 0.3 is 5.69 Å². The molecule has 1 aliphatic heterocycles. The van der Waals surface area contributed by atoms with Crippen LogP contribution < -0.4 is 16.1 Å². The Balaban J connectivity index is 1.77. The average molecular weight is 388 g/mol. The largest absolute Gasteiger partial charge is 0.339 e. The first kappa shape index (κ1) is 19.3. The van der Waals surface area contributed by atoms with E-state index >= 15 is 0 Å². The van der Waals surface area contributed by atoms with Crippen molar-refractivity contribution in [3.63, 3.8) is 0 Å². The van der Waals surface area contributed by atoms with Crippen molar-refractivity contribution in [2.45, 2.75) is 90.3 Å². The summed E-state index contributed by atoms with van der Waals surface area (Å²) in [5.74, 6) is 0.893. The molecule has 0 aromatic carbocycles. The number of anilines is 1. The van der Waals surface area contributed by atoms with Gasteiger partial charge < -0.3 is 9.47 Å². The van der Waals surface area contributed by atoms with E-state index in [-0.39, 0.29) is 11.2 Å².